The Morgan fingerprint density at radius 1 is 1.07 bits per heavy atom. The molecule has 2 aromatic rings. The molecule has 2 atom stereocenters. The molecular formula is C18H8B2F5NO2. The van der Waals surface area contributed by atoms with Gasteiger partial charge in [0, 0.05) is 23.1 Å². The molecule has 0 saturated carbocycles. The highest BCUT2D eigenvalue weighted by atomic mass is 19.3. The average molecular weight is 387 g/mol. The van der Waals surface area contributed by atoms with Crippen molar-refractivity contribution in [1.29, 1.82) is 5.26 Å². The van der Waals surface area contributed by atoms with E-state index in [1.807, 2.05) is 0 Å². The lowest BCUT2D eigenvalue weighted by Gasteiger charge is -2.36. The van der Waals surface area contributed by atoms with Gasteiger partial charge >= 0.3 is 11.8 Å². The Morgan fingerprint density at radius 2 is 1.75 bits per heavy atom. The predicted molar refractivity (Wildman–Crippen MR) is 88.4 cm³/mol. The molecule has 3 nitrogen and oxygen atoms in total. The number of aliphatic hydroxyl groups is 1. The molecule has 2 aromatic carbocycles. The molecule has 4 radical (unpaired) electrons. The van der Waals surface area contributed by atoms with Crippen LogP contribution in [0.3, 0.4) is 0 Å². The fourth-order valence-corrected chi connectivity index (χ4v) is 3.90. The van der Waals surface area contributed by atoms with Gasteiger partial charge < -0.3 is 9.84 Å². The Kier molecular flexibility index (Phi) is 3.70. The summed E-state index contributed by atoms with van der Waals surface area (Å²) in [5.74, 6) is -12.8. The second-order valence-electron chi connectivity index (χ2n) is 6.86. The minimum absolute atomic E-state index is 0.0870. The zero-order valence-electron chi connectivity index (χ0n) is 13.9. The van der Waals surface area contributed by atoms with E-state index in [-0.39, 0.29) is 17.1 Å². The first-order valence-corrected chi connectivity index (χ1v) is 8.00. The monoisotopic (exact) mass is 387 g/mol. The van der Waals surface area contributed by atoms with Gasteiger partial charge in [0.05, 0.1) is 33.4 Å². The summed E-state index contributed by atoms with van der Waals surface area (Å²) in [7, 11) is 11.3. The molecule has 0 aliphatic heterocycles. The van der Waals surface area contributed by atoms with Gasteiger partial charge in [-0.1, -0.05) is 5.21 Å². The summed E-state index contributed by atoms with van der Waals surface area (Å²) in [5.41, 5.74) is -2.08. The topological polar surface area (TPSA) is 53.2 Å². The number of hydrogen-bond donors (Lipinski definition) is 1. The second-order valence-corrected chi connectivity index (χ2v) is 6.86. The van der Waals surface area contributed by atoms with Crippen molar-refractivity contribution in [3.63, 3.8) is 0 Å². The highest BCUT2D eigenvalue weighted by Gasteiger charge is 2.75. The fraction of sp³-hybridized carbons (Fsp3) is 0.278. The Balaban J connectivity index is 1.91. The zero-order chi connectivity index (χ0) is 20.6. The van der Waals surface area contributed by atoms with Gasteiger partial charge in [-0.3, -0.25) is 0 Å². The first-order valence-electron chi connectivity index (χ1n) is 8.00. The molecule has 0 fully saturated rings. The first-order chi connectivity index (χ1) is 12.9. The molecule has 0 spiro atoms. The average Bonchev–Trinajstić information content (AvgIpc) is 2.90. The van der Waals surface area contributed by atoms with Crippen LogP contribution in [-0.4, -0.2) is 26.7 Å². The summed E-state index contributed by atoms with van der Waals surface area (Å²) in [6, 6.07) is 6.39. The Bertz CT molecular complexity index is 1050. The highest BCUT2D eigenvalue weighted by molar-refractivity contribution is 6.41. The summed E-state index contributed by atoms with van der Waals surface area (Å²) < 4.78 is 76.5. The summed E-state index contributed by atoms with van der Waals surface area (Å²) in [4.78, 5) is 0. The SMILES string of the molecule is [B]C1([B])C(O)c2c(Oc3cc(F)cc(C#N)c3)ccc3c2C1C(F)(F)C3(F)F. The Morgan fingerprint density at radius 3 is 2.39 bits per heavy atom. The van der Waals surface area contributed by atoms with Crippen LogP contribution < -0.4 is 4.74 Å². The smallest absolute Gasteiger partial charge is 0.336 e. The van der Waals surface area contributed by atoms with Crippen LogP contribution in [0.1, 0.15) is 34.3 Å². The van der Waals surface area contributed by atoms with Crippen LogP contribution in [0.5, 0.6) is 11.5 Å². The van der Waals surface area contributed by atoms with Crippen LogP contribution in [0.15, 0.2) is 30.3 Å². The van der Waals surface area contributed by atoms with Crippen LogP contribution in [0, 0.1) is 17.1 Å². The minimum atomic E-state index is -4.63. The maximum absolute atomic E-state index is 14.4. The van der Waals surface area contributed by atoms with E-state index in [1.165, 1.54) is 0 Å². The number of nitriles is 1. The van der Waals surface area contributed by atoms with Gasteiger partial charge in [-0.15, -0.1) is 0 Å². The van der Waals surface area contributed by atoms with Gasteiger partial charge in [-0.25, -0.2) is 4.39 Å². The summed E-state index contributed by atoms with van der Waals surface area (Å²) in [6.45, 7) is 0. The van der Waals surface area contributed by atoms with Crippen molar-refractivity contribution in [2.24, 2.45) is 0 Å². The lowest BCUT2D eigenvalue weighted by atomic mass is 9.47. The van der Waals surface area contributed by atoms with E-state index in [4.69, 9.17) is 25.7 Å². The van der Waals surface area contributed by atoms with Gasteiger partial charge in [-0.05, 0) is 29.8 Å². The highest BCUT2D eigenvalue weighted by Crippen LogP contribution is 2.72. The molecule has 4 rings (SSSR count). The molecule has 0 bridgehead atoms. The van der Waals surface area contributed by atoms with Crippen LogP contribution in [0.25, 0.3) is 0 Å². The standard InChI is InChI=1S/C18H8B2F5NO2/c19-16(20)14-12-10(17(22,23)18(14,24)25)1-2-11(13(12)15(16)27)28-9-4-7(6-26)3-8(21)5-9/h1-5,14-15,27H. The third-order valence-electron chi connectivity index (χ3n) is 5.13. The van der Waals surface area contributed by atoms with E-state index in [1.54, 1.807) is 6.07 Å². The van der Waals surface area contributed by atoms with E-state index < -0.39 is 51.6 Å². The molecular weight excluding hydrogens is 379 g/mol. The van der Waals surface area contributed by atoms with Crippen LogP contribution in [-0.2, 0) is 5.92 Å². The van der Waals surface area contributed by atoms with E-state index >= 15 is 0 Å². The molecule has 0 amide bonds. The third-order valence-corrected chi connectivity index (χ3v) is 5.13. The third kappa shape index (κ3) is 2.20. The van der Waals surface area contributed by atoms with Gasteiger partial charge in [0.25, 0.3) is 0 Å². The van der Waals surface area contributed by atoms with Crippen molar-refractivity contribution in [2.75, 3.05) is 0 Å². The van der Waals surface area contributed by atoms with Crippen LogP contribution in [0.4, 0.5) is 22.0 Å². The number of hydrogen-bond acceptors (Lipinski definition) is 3. The van der Waals surface area contributed by atoms with Gasteiger partial charge in [0.1, 0.15) is 17.3 Å². The van der Waals surface area contributed by atoms with E-state index in [9.17, 15) is 27.1 Å². The normalized spacial score (nSPS) is 25.2. The summed E-state index contributed by atoms with van der Waals surface area (Å²) >= 11 is 0. The second kappa shape index (κ2) is 5.51. The quantitative estimate of drug-likeness (QED) is 0.630. The van der Waals surface area contributed by atoms with Gasteiger partial charge in [0.15, 0.2) is 0 Å². The Hall–Kier alpha value is -2.53. The minimum Gasteiger partial charge on any atom is -0.457 e. The predicted octanol–water partition coefficient (Wildman–Crippen LogP) is 3.81. The summed E-state index contributed by atoms with van der Waals surface area (Å²) in [5, 5.41) is 16.7. The van der Waals surface area contributed by atoms with Crippen molar-refractivity contribution in [2.45, 2.75) is 29.1 Å². The van der Waals surface area contributed by atoms with Crippen LogP contribution >= 0.6 is 0 Å². The molecule has 2 aliphatic carbocycles. The summed E-state index contributed by atoms with van der Waals surface area (Å²) in [6.07, 6.45) is -1.94. The number of halogens is 5. The molecule has 2 unspecified atom stereocenters. The maximum atomic E-state index is 14.4. The van der Waals surface area contributed by atoms with Crippen molar-refractivity contribution >= 4 is 15.7 Å². The largest absolute Gasteiger partial charge is 0.457 e. The number of alkyl halides is 4. The molecule has 0 heterocycles. The molecule has 1 N–H and O–H groups in total. The molecule has 2 aliphatic rings. The number of nitrogens with zero attached hydrogens (tertiary/aromatic N) is 1. The number of rotatable bonds is 2. The molecule has 138 valence electrons. The molecule has 28 heavy (non-hydrogen) atoms. The molecule has 0 saturated heterocycles. The molecule has 0 aromatic heterocycles. The van der Waals surface area contributed by atoms with Gasteiger partial charge in [0.2, 0.25) is 0 Å². The van der Waals surface area contributed by atoms with Crippen molar-refractivity contribution in [3.05, 3.63) is 58.4 Å². The van der Waals surface area contributed by atoms with Crippen molar-refractivity contribution < 1.29 is 31.8 Å². The van der Waals surface area contributed by atoms with E-state index in [0.717, 1.165) is 30.3 Å². The molecule has 10 heteroatoms. The zero-order valence-corrected chi connectivity index (χ0v) is 13.9. The lowest BCUT2D eigenvalue weighted by Crippen LogP contribution is -2.42. The number of benzene rings is 2. The Labute approximate surface area is 158 Å². The van der Waals surface area contributed by atoms with Gasteiger partial charge in [-0.2, -0.15) is 22.8 Å². The number of ether oxygens (including phenoxy) is 1. The first kappa shape index (κ1) is 18.8. The lowest BCUT2D eigenvalue weighted by molar-refractivity contribution is -0.218. The van der Waals surface area contributed by atoms with Crippen molar-refractivity contribution in [1.82, 2.24) is 0 Å². The fourth-order valence-electron chi connectivity index (χ4n) is 3.90. The van der Waals surface area contributed by atoms with E-state index in [2.05, 4.69) is 0 Å². The maximum Gasteiger partial charge on any atom is 0.336 e. The van der Waals surface area contributed by atoms with Crippen LogP contribution in [0.2, 0.25) is 5.21 Å². The van der Waals surface area contributed by atoms with Crippen molar-refractivity contribution in [3.8, 4) is 17.6 Å². The van der Waals surface area contributed by atoms with E-state index in [0.29, 0.717) is 0 Å². The number of aliphatic hydroxyl groups excluding tert-OH is 1.